The second-order valence-electron chi connectivity index (χ2n) is 6.90. The Morgan fingerprint density at radius 1 is 1.07 bits per heavy atom. The maximum Gasteiger partial charge on any atom is 0.315 e. The highest BCUT2D eigenvalue weighted by atomic mass is 79.9. The van der Waals surface area contributed by atoms with Crippen molar-refractivity contribution < 1.29 is 19.1 Å². The van der Waals surface area contributed by atoms with Crippen molar-refractivity contribution in [3.63, 3.8) is 0 Å². The molecule has 0 bridgehead atoms. The summed E-state index contributed by atoms with van der Waals surface area (Å²) in [6.45, 7) is 5.53. The lowest BCUT2D eigenvalue weighted by molar-refractivity contribution is -0.143. The average Bonchev–Trinajstić information content (AvgIpc) is 2.68. The molecule has 2 atom stereocenters. The van der Waals surface area contributed by atoms with Crippen molar-refractivity contribution >= 4 is 45.0 Å². The molecular formula is C22H23BrClNO4. The first-order valence-electron chi connectivity index (χ1n) is 9.08. The lowest BCUT2D eigenvalue weighted by Gasteiger charge is -2.22. The smallest absolute Gasteiger partial charge is 0.315 e. The SMILES string of the molecule is COC(=O)C(C(=N)C(=O)c1ccc(OC(C)C)c(Cl)c1)C(C)c1ccc(Br)cc1. The van der Waals surface area contributed by atoms with Crippen LogP contribution in [0, 0.1) is 11.3 Å². The van der Waals surface area contributed by atoms with Crippen LogP contribution < -0.4 is 4.74 Å². The van der Waals surface area contributed by atoms with Crippen LogP contribution >= 0.6 is 27.5 Å². The number of carbonyl (C=O) groups is 2. The quantitative estimate of drug-likeness (QED) is 0.299. The van der Waals surface area contributed by atoms with Gasteiger partial charge in [0, 0.05) is 16.0 Å². The second-order valence-corrected chi connectivity index (χ2v) is 8.22. The lowest BCUT2D eigenvalue weighted by Crippen LogP contribution is -2.34. The van der Waals surface area contributed by atoms with Crippen molar-refractivity contribution in [3.05, 3.63) is 63.1 Å². The van der Waals surface area contributed by atoms with E-state index < -0.39 is 23.6 Å². The van der Waals surface area contributed by atoms with Crippen molar-refractivity contribution in [2.45, 2.75) is 32.8 Å². The maximum atomic E-state index is 12.9. The van der Waals surface area contributed by atoms with Gasteiger partial charge < -0.3 is 14.9 Å². The number of ketones is 1. The highest BCUT2D eigenvalue weighted by molar-refractivity contribution is 9.10. The van der Waals surface area contributed by atoms with Crippen LogP contribution in [0.2, 0.25) is 5.02 Å². The number of nitrogens with one attached hydrogen (secondary N) is 1. The minimum Gasteiger partial charge on any atom is -0.489 e. The van der Waals surface area contributed by atoms with E-state index in [2.05, 4.69) is 15.9 Å². The number of halogens is 2. The number of rotatable bonds is 8. The highest BCUT2D eigenvalue weighted by Crippen LogP contribution is 2.30. The van der Waals surface area contributed by atoms with E-state index in [-0.39, 0.29) is 22.4 Å². The number of hydrogen-bond acceptors (Lipinski definition) is 5. The molecule has 2 aromatic carbocycles. The third kappa shape index (κ3) is 5.67. The first-order chi connectivity index (χ1) is 13.6. The molecule has 2 unspecified atom stereocenters. The van der Waals surface area contributed by atoms with E-state index in [4.69, 9.17) is 26.5 Å². The van der Waals surface area contributed by atoms with Crippen molar-refractivity contribution in [1.82, 2.24) is 0 Å². The fraction of sp³-hybridized carbons (Fsp3) is 0.318. The third-order valence-corrected chi connectivity index (χ3v) is 5.29. The van der Waals surface area contributed by atoms with E-state index in [0.29, 0.717) is 5.75 Å². The third-order valence-electron chi connectivity index (χ3n) is 4.46. The van der Waals surface area contributed by atoms with Crippen molar-refractivity contribution in [2.24, 2.45) is 5.92 Å². The average molecular weight is 481 g/mol. The molecule has 0 aliphatic rings. The molecule has 0 radical (unpaired) electrons. The monoisotopic (exact) mass is 479 g/mol. The Bertz CT molecular complexity index is 912. The predicted molar refractivity (Wildman–Crippen MR) is 117 cm³/mol. The summed E-state index contributed by atoms with van der Waals surface area (Å²) in [4.78, 5) is 25.4. The van der Waals surface area contributed by atoms with Gasteiger partial charge in [0.05, 0.1) is 23.9 Å². The van der Waals surface area contributed by atoms with Gasteiger partial charge in [0.15, 0.2) is 0 Å². The molecule has 5 nitrogen and oxygen atoms in total. The molecule has 0 fully saturated rings. The van der Waals surface area contributed by atoms with Crippen molar-refractivity contribution in [1.29, 1.82) is 5.41 Å². The molecule has 0 aliphatic heterocycles. The van der Waals surface area contributed by atoms with Gasteiger partial charge in [0.1, 0.15) is 11.7 Å². The molecule has 29 heavy (non-hydrogen) atoms. The first-order valence-corrected chi connectivity index (χ1v) is 10.3. The van der Waals surface area contributed by atoms with Crippen LogP contribution in [0.25, 0.3) is 0 Å². The van der Waals surface area contributed by atoms with Gasteiger partial charge in [-0.25, -0.2) is 0 Å². The van der Waals surface area contributed by atoms with E-state index in [0.717, 1.165) is 10.0 Å². The molecule has 0 saturated carbocycles. The van der Waals surface area contributed by atoms with Gasteiger partial charge in [0.25, 0.3) is 0 Å². The Hall–Kier alpha value is -2.18. The molecular weight excluding hydrogens is 458 g/mol. The molecule has 0 spiro atoms. The molecule has 0 aliphatic carbocycles. The van der Waals surface area contributed by atoms with Crippen molar-refractivity contribution in [3.8, 4) is 5.75 Å². The molecule has 0 amide bonds. The van der Waals surface area contributed by atoms with Crippen LogP contribution in [0.4, 0.5) is 0 Å². The minimum atomic E-state index is -1.04. The largest absolute Gasteiger partial charge is 0.489 e. The number of benzene rings is 2. The highest BCUT2D eigenvalue weighted by Gasteiger charge is 2.35. The zero-order valence-electron chi connectivity index (χ0n) is 16.7. The molecule has 2 rings (SSSR count). The summed E-state index contributed by atoms with van der Waals surface area (Å²) in [5.74, 6) is -2.23. The summed E-state index contributed by atoms with van der Waals surface area (Å²) in [7, 11) is 1.25. The Labute approximate surface area is 184 Å². The van der Waals surface area contributed by atoms with Crippen LogP contribution in [-0.4, -0.2) is 30.7 Å². The second kappa shape index (κ2) is 10.0. The summed E-state index contributed by atoms with van der Waals surface area (Å²) in [5, 5.41) is 8.72. The van der Waals surface area contributed by atoms with Gasteiger partial charge in [-0.05, 0) is 49.7 Å². The van der Waals surface area contributed by atoms with Crippen LogP contribution in [0.15, 0.2) is 46.9 Å². The molecule has 154 valence electrons. The van der Waals surface area contributed by atoms with Crippen LogP contribution in [0.3, 0.4) is 0 Å². The van der Waals surface area contributed by atoms with Gasteiger partial charge in [0.2, 0.25) is 5.78 Å². The van der Waals surface area contributed by atoms with Crippen LogP contribution in [0.5, 0.6) is 5.75 Å². The number of methoxy groups -OCH3 is 1. The van der Waals surface area contributed by atoms with E-state index in [1.54, 1.807) is 19.1 Å². The predicted octanol–water partition coefficient (Wildman–Crippen LogP) is 5.69. The first kappa shape index (κ1) is 23.1. The van der Waals surface area contributed by atoms with Gasteiger partial charge in [-0.15, -0.1) is 0 Å². The summed E-state index contributed by atoms with van der Waals surface area (Å²) in [6.07, 6.45) is -0.0668. The van der Waals surface area contributed by atoms with Gasteiger partial charge in [-0.1, -0.05) is 46.6 Å². The van der Waals surface area contributed by atoms with Crippen LogP contribution in [-0.2, 0) is 9.53 Å². The Balaban J connectivity index is 2.33. The fourth-order valence-corrected chi connectivity index (χ4v) is 3.44. The zero-order chi connectivity index (χ0) is 21.7. The number of Topliss-reactive ketones (excluding diaryl/α,β-unsaturated/α-hetero) is 1. The van der Waals surface area contributed by atoms with Gasteiger partial charge in [-0.2, -0.15) is 0 Å². The van der Waals surface area contributed by atoms with Crippen molar-refractivity contribution in [2.75, 3.05) is 7.11 Å². The van der Waals surface area contributed by atoms with E-state index in [9.17, 15) is 9.59 Å². The standard InChI is InChI=1S/C22H23BrClNO4/c1-12(2)29-18-10-7-15(11-17(18)24)21(26)20(25)19(22(27)28-4)13(3)14-5-8-16(23)9-6-14/h5-13,19,25H,1-4H3. The minimum absolute atomic E-state index is 0.0668. The topological polar surface area (TPSA) is 76.5 Å². The molecule has 1 N–H and O–H groups in total. The molecule has 0 aromatic heterocycles. The summed E-state index contributed by atoms with van der Waals surface area (Å²) in [6, 6.07) is 12.0. The molecule has 7 heteroatoms. The normalized spacial score (nSPS) is 12.9. The molecule has 0 saturated heterocycles. The Kier molecular flexibility index (Phi) is 7.99. The van der Waals surface area contributed by atoms with Gasteiger partial charge >= 0.3 is 5.97 Å². The zero-order valence-corrected chi connectivity index (χ0v) is 19.0. The lowest BCUT2D eigenvalue weighted by atomic mass is 9.82. The Morgan fingerprint density at radius 2 is 1.69 bits per heavy atom. The van der Waals surface area contributed by atoms with E-state index in [1.807, 2.05) is 38.1 Å². The number of ether oxygens (including phenoxy) is 2. The Morgan fingerprint density at radius 3 is 2.21 bits per heavy atom. The van der Waals surface area contributed by atoms with Crippen LogP contribution in [0.1, 0.15) is 42.6 Å². The van der Waals surface area contributed by atoms with Gasteiger partial charge in [-0.3, -0.25) is 9.59 Å². The number of esters is 1. The molecule has 0 heterocycles. The number of carbonyl (C=O) groups excluding carboxylic acids is 2. The summed E-state index contributed by atoms with van der Waals surface area (Å²) >= 11 is 9.59. The molecule has 2 aromatic rings. The van der Waals surface area contributed by atoms with E-state index >= 15 is 0 Å². The van der Waals surface area contributed by atoms with E-state index in [1.165, 1.54) is 13.2 Å². The maximum absolute atomic E-state index is 12.9. The summed E-state index contributed by atoms with van der Waals surface area (Å²) in [5.41, 5.74) is 0.689. The fourth-order valence-electron chi connectivity index (χ4n) is 2.95. The summed E-state index contributed by atoms with van der Waals surface area (Å²) < 4.78 is 11.4. The number of hydrogen-bond donors (Lipinski definition) is 1.